The van der Waals surface area contributed by atoms with Crippen LogP contribution in [0.25, 0.3) is 0 Å². The molecule has 0 saturated carbocycles. The van der Waals surface area contributed by atoms with E-state index >= 15 is 0 Å². The van der Waals surface area contributed by atoms with Crippen LogP contribution in [0.3, 0.4) is 0 Å². The third-order valence-electron chi connectivity index (χ3n) is 2.69. The first-order valence-electron chi connectivity index (χ1n) is 6.42. The number of aliphatic hydroxyl groups is 1. The molecule has 0 aliphatic carbocycles. The molecule has 0 radical (unpaired) electrons. The second kappa shape index (κ2) is 8.36. The molecular weight excluding hydrogens is 328 g/mol. The number of nitrogens with zero attached hydrogens (tertiary/aromatic N) is 1. The largest absolute Gasteiger partial charge is 0.461 e. The second-order valence-electron chi connectivity index (χ2n) is 4.40. The molecule has 1 aromatic rings. The van der Waals surface area contributed by atoms with Crippen LogP contribution in [0.15, 0.2) is 40.8 Å². The van der Waals surface area contributed by atoms with E-state index in [1.807, 2.05) is 0 Å². The number of carbonyl (C=O) groups is 1. The maximum atomic E-state index is 12.0. The predicted molar refractivity (Wildman–Crippen MR) is 80.1 cm³/mol. The summed E-state index contributed by atoms with van der Waals surface area (Å²) < 4.78 is 30.9. The van der Waals surface area contributed by atoms with Crippen molar-refractivity contribution in [3.8, 4) is 0 Å². The van der Waals surface area contributed by atoms with Gasteiger partial charge in [0.2, 0.25) is 10.0 Å². The SMILES string of the molecule is CC(=O)OC/C(=C/CNS(=O)(=O)c1ccc([N+](=O)[O-])cc1)CO. The minimum absolute atomic E-state index is 0.123. The van der Waals surface area contributed by atoms with Crippen molar-refractivity contribution in [2.24, 2.45) is 0 Å². The fourth-order valence-electron chi connectivity index (χ4n) is 1.49. The first kappa shape index (κ1) is 18.7. The van der Waals surface area contributed by atoms with Crippen molar-refractivity contribution < 1.29 is 28.0 Å². The lowest BCUT2D eigenvalue weighted by Crippen LogP contribution is -2.24. The molecule has 0 bridgehead atoms. The monoisotopic (exact) mass is 344 g/mol. The molecule has 0 fully saturated rings. The van der Waals surface area contributed by atoms with Gasteiger partial charge in [-0.2, -0.15) is 0 Å². The highest BCUT2D eigenvalue weighted by Gasteiger charge is 2.14. The average Bonchev–Trinajstić information content (AvgIpc) is 2.50. The molecule has 126 valence electrons. The molecule has 2 N–H and O–H groups in total. The van der Waals surface area contributed by atoms with Crippen molar-refractivity contribution >= 4 is 21.7 Å². The lowest BCUT2D eigenvalue weighted by molar-refractivity contribution is -0.384. The summed E-state index contributed by atoms with van der Waals surface area (Å²) in [5, 5.41) is 19.6. The van der Waals surface area contributed by atoms with E-state index in [1.165, 1.54) is 13.0 Å². The van der Waals surface area contributed by atoms with E-state index in [1.54, 1.807) is 0 Å². The van der Waals surface area contributed by atoms with Crippen molar-refractivity contribution in [3.63, 3.8) is 0 Å². The van der Waals surface area contributed by atoms with Crippen molar-refractivity contribution in [2.45, 2.75) is 11.8 Å². The maximum Gasteiger partial charge on any atom is 0.302 e. The Kier molecular flexibility index (Phi) is 6.82. The normalized spacial score (nSPS) is 12.0. The summed E-state index contributed by atoms with van der Waals surface area (Å²) in [6.07, 6.45) is 1.38. The second-order valence-corrected chi connectivity index (χ2v) is 6.17. The molecule has 0 spiro atoms. The number of aliphatic hydroxyl groups excluding tert-OH is 1. The number of non-ortho nitro benzene ring substituents is 1. The van der Waals surface area contributed by atoms with E-state index in [9.17, 15) is 23.3 Å². The number of carbonyl (C=O) groups excluding carboxylic acids is 1. The Labute approximate surface area is 132 Å². The van der Waals surface area contributed by atoms with Crippen LogP contribution in [0.1, 0.15) is 6.92 Å². The molecule has 0 aliphatic rings. The Bertz CT molecular complexity index is 696. The van der Waals surface area contributed by atoms with Gasteiger partial charge in [-0.25, -0.2) is 13.1 Å². The standard InChI is InChI=1S/C13H16N2O7S/c1-10(17)22-9-11(8-16)6-7-14-23(20,21)13-4-2-12(3-5-13)15(18)19/h2-6,14,16H,7-9H2,1H3/b11-6+. The fourth-order valence-corrected chi connectivity index (χ4v) is 2.45. The first-order chi connectivity index (χ1) is 10.8. The fraction of sp³-hybridized carbons (Fsp3) is 0.308. The molecule has 0 aliphatic heterocycles. The van der Waals surface area contributed by atoms with Gasteiger partial charge in [0.1, 0.15) is 6.61 Å². The van der Waals surface area contributed by atoms with E-state index in [0.29, 0.717) is 5.57 Å². The highest BCUT2D eigenvalue weighted by Crippen LogP contribution is 2.15. The van der Waals surface area contributed by atoms with E-state index in [0.717, 1.165) is 24.3 Å². The first-order valence-corrected chi connectivity index (χ1v) is 7.91. The third-order valence-corrected chi connectivity index (χ3v) is 4.13. The number of sulfonamides is 1. The highest BCUT2D eigenvalue weighted by molar-refractivity contribution is 7.89. The van der Waals surface area contributed by atoms with Gasteiger partial charge in [-0.15, -0.1) is 0 Å². The van der Waals surface area contributed by atoms with Gasteiger partial charge in [-0.05, 0) is 17.7 Å². The zero-order valence-corrected chi connectivity index (χ0v) is 13.1. The number of benzene rings is 1. The molecule has 0 heterocycles. The Morgan fingerprint density at radius 3 is 2.48 bits per heavy atom. The summed E-state index contributed by atoms with van der Waals surface area (Å²) in [6.45, 7) is 0.570. The Hall–Kier alpha value is -2.30. The highest BCUT2D eigenvalue weighted by atomic mass is 32.2. The van der Waals surface area contributed by atoms with Crippen molar-refractivity contribution in [2.75, 3.05) is 19.8 Å². The smallest absolute Gasteiger partial charge is 0.302 e. The van der Waals surface area contributed by atoms with Crippen molar-refractivity contribution in [3.05, 3.63) is 46.0 Å². The topological polar surface area (TPSA) is 136 Å². The number of nitro benzene ring substituents is 1. The number of hydrogen-bond donors (Lipinski definition) is 2. The number of nitrogens with one attached hydrogen (secondary N) is 1. The van der Waals surface area contributed by atoms with Gasteiger partial charge in [0.15, 0.2) is 0 Å². The molecule has 10 heteroatoms. The number of nitro groups is 1. The van der Waals surface area contributed by atoms with E-state index < -0.39 is 20.9 Å². The minimum atomic E-state index is -3.84. The van der Waals surface area contributed by atoms with Crippen LogP contribution in [0.4, 0.5) is 5.69 Å². The Balaban J connectivity index is 2.71. The van der Waals surface area contributed by atoms with E-state index in [4.69, 9.17) is 5.11 Å². The van der Waals surface area contributed by atoms with Crippen molar-refractivity contribution in [1.82, 2.24) is 4.72 Å². The van der Waals surface area contributed by atoms with Gasteiger partial charge in [-0.3, -0.25) is 14.9 Å². The molecule has 0 amide bonds. The van der Waals surface area contributed by atoms with Crippen LogP contribution in [0.2, 0.25) is 0 Å². The summed E-state index contributed by atoms with van der Waals surface area (Å²) in [6, 6.07) is 4.42. The number of hydrogen-bond acceptors (Lipinski definition) is 7. The van der Waals surface area contributed by atoms with Gasteiger partial charge < -0.3 is 9.84 Å². The van der Waals surface area contributed by atoms with Crippen LogP contribution >= 0.6 is 0 Å². The molecule has 23 heavy (non-hydrogen) atoms. The predicted octanol–water partition coefficient (Wildman–Crippen LogP) is 0.355. The number of rotatable bonds is 8. The minimum Gasteiger partial charge on any atom is -0.461 e. The lowest BCUT2D eigenvalue weighted by atomic mass is 10.3. The average molecular weight is 344 g/mol. The summed E-state index contributed by atoms with van der Waals surface area (Å²) in [7, 11) is -3.84. The summed E-state index contributed by atoms with van der Waals surface area (Å²) in [5.74, 6) is -0.518. The van der Waals surface area contributed by atoms with E-state index in [-0.39, 0.29) is 30.3 Å². The van der Waals surface area contributed by atoms with Gasteiger partial charge in [0, 0.05) is 25.6 Å². The van der Waals surface area contributed by atoms with Crippen molar-refractivity contribution in [1.29, 1.82) is 0 Å². The lowest BCUT2D eigenvalue weighted by Gasteiger charge is -2.07. The molecular formula is C13H16N2O7S. The molecule has 0 unspecified atom stereocenters. The van der Waals surface area contributed by atoms with Crippen LogP contribution in [0.5, 0.6) is 0 Å². The van der Waals surface area contributed by atoms with E-state index in [2.05, 4.69) is 9.46 Å². The Morgan fingerprint density at radius 2 is 2.00 bits per heavy atom. The summed E-state index contributed by atoms with van der Waals surface area (Å²) >= 11 is 0. The van der Waals surface area contributed by atoms with Crippen LogP contribution in [-0.2, 0) is 19.6 Å². The number of esters is 1. The van der Waals surface area contributed by atoms with Gasteiger partial charge in [0.05, 0.1) is 16.4 Å². The maximum absolute atomic E-state index is 12.0. The molecule has 1 rings (SSSR count). The third kappa shape index (κ3) is 6.14. The summed E-state index contributed by atoms with van der Waals surface area (Å²) in [5.41, 5.74) is 0.124. The molecule has 0 atom stereocenters. The summed E-state index contributed by atoms with van der Waals surface area (Å²) in [4.78, 5) is 20.4. The van der Waals surface area contributed by atoms with Crippen LogP contribution in [0, 0.1) is 10.1 Å². The quantitative estimate of drug-likeness (QED) is 0.300. The zero-order chi connectivity index (χ0) is 17.5. The van der Waals surface area contributed by atoms with Crippen LogP contribution in [-0.4, -0.2) is 44.2 Å². The number of ether oxygens (including phenoxy) is 1. The molecule has 9 nitrogen and oxygen atoms in total. The molecule has 0 aromatic heterocycles. The Morgan fingerprint density at radius 1 is 1.39 bits per heavy atom. The molecule has 0 saturated heterocycles. The van der Waals surface area contributed by atoms with Gasteiger partial charge in [0.25, 0.3) is 5.69 Å². The molecule has 1 aromatic carbocycles. The zero-order valence-electron chi connectivity index (χ0n) is 12.3. The van der Waals surface area contributed by atoms with Gasteiger partial charge >= 0.3 is 5.97 Å². The van der Waals surface area contributed by atoms with Crippen LogP contribution < -0.4 is 4.72 Å². The van der Waals surface area contributed by atoms with Gasteiger partial charge in [-0.1, -0.05) is 6.08 Å².